The number of hydrogen-bond donors (Lipinski definition) is 1. The maximum atomic E-state index is 13.4. The molecule has 5 nitrogen and oxygen atoms in total. The zero-order valence-electron chi connectivity index (χ0n) is 13.6. The summed E-state index contributed by atoms with van der Waals surface area (Å²) < 4.78 is 47.1. The first-order valence-corrected chi connectivity index (χ1v) is 7.82. The van der Waals surface area contributed by atoms with Crippen LogP contribution < -0.4 is 0 Å². The van der Waals surface area contributed by atoms with E-state index in [2.05, 4.69) is 4.98 Å². The molecule has 136 valence electrons. The van der Waals surface area contributed by atoms with Crippen LogP contribution in [0.15, 0.2) is 65.4 Å². The second kappa shape index (κ2) is 6.01. The van der Waals surface area contributed by atoms with Crippen LogP contribution in [-0.2, 0) is 6.18 Å². The predicted molar refractivity (Wildman–Crippen MR) is 90.3 cm³/mol. The van der Waals surface area contributed by atoms with Crippen molar-refractivity contribution in [3.8, 4) is 22.6 Å². The van der Waals surface area contributed by atoms with E-state index in [9.17, 15) is 18.0 Å². The molecule has 0 spiro atoms. The first-order valence-electron chi connectivity index (χ1n) is 7.82. The van der Waals surface area contributed by atoms with Crippen molar-refractivity contribution in [3.05, 3.63) is 72.1 Å². The largest absolute Gasteiger partial charge is 0.478 e. The summed E-state index contributed by atoms with van der Waals surface area (Å²) >= 11 is 0. The summed E-state index contributed by atoms with van der Waals surface area (Å²) in [5.74, 6) is -0.722. The summed E-state index contributed by atoms with van der Waals surface area (Å²) in [7, 11) is 0. The molecule has 4 aromatic rings. The number of alkyl halides is 3. The van der Waals surface area contributed by atoms with Crippen LogP contribution in [0, 0.1) is 0 Å². The standard InChI is InChI=1S/C19H11F3N2O3/c20-19(21,22)14-4-2-1-3-13(14)15-17-24(9-10-27-17)16(23-15)11-5-7-12(8-6-11)18(25)26/h1-10H,(H,25,26). The van der Waals surface area contributed by atoms with Gasteiger partial charge in [-0.25, -0.2) is 9.78 Å². The van der Waals surface area contributed by atoms with E-state index in [1.54, 1.807) is 18.3 Å². The number of aromatic carboxylic acids is 1. The molecule has 27 heavy (non-hydrogen) atoms. The molecule has 0 fully saturated rings. The molecule has 2 heterocycles. The van der Waals surface area contributed by atoms with Gasteiger partial charge in [-0.05, 0) is 18.2 Å². The van der Waals surface area contributed by atoms with Gasteiger partial charge in [0.2, 0.25) is 5.71 Å². The van der Waals surface area contributed by atoms with Crippen molar-refractivity contribution in [2.75, 3.05) is 0 Å². The minimum atomic E-state index is -4.54. The molecule has 0 unspecified atom stereocenters. The number of rotatable bonds is 3. The number of carbonyl (C=O) groups is 1. The van der Waals surface area contributed by atoms with Crippen LogP contribution >= 0.6 is 0 Å². The van der Waals surface area contributed by atoms with Gasteiger partial charge in [0, 0.05) is 17.3 Å². The highest BCUT2D eigenvalue weighted by molar-refractivity contribution is 5.88. The highest BCUT2D eigenvalue weighted by Crippen LogP contribution is 2.39. The Balaban J connectivity index is 1.91. The fraction of sp³-hybridized carbons (Fsp3) is 0.0526. The highest BCUT2D eigenvalue weighted by atomic mass is 19.4. The smallest absolute Gasteiger partial charge is 0.417 e. The van der Waals surface area contributed by atoms with Crippen molar-refractivity contribution in [1.82, 2.24) is 9.38 Å². The SMILES string of the molecule is O=C(O)c1ccc(-c2nc(-c3ccccc3C(F)(F)F)c3occn23)cc1. The van der Waals surface area contributed by atoms with Crippen molar-refractivity contribution < 1.29 is 27.5 Å². The second-order valence-electron chi connectivity index (χ2n) is 5.79. The molecule has 0 radical (unpaired) electrons. The second-order valence-corrected chi connectivity index (χ2v) is 5.79. The van der Waals surface area contributed by atoms with Gasteiger partial charge in [-0.2, -0.15) is 13.2 Å². The van der Waals surface area contributed by atoms with Gasteiger partial charge in [0.15, 0.2) is 0 Å². The fourth-order valence-electron chi connectivity index (χ4n) is 2.90. The number of carboxylic acid groups (broad SMARTS) is 1. The Kier molecular flexibility index (Phi) is 3.76. The van der Waals surface area contributed by atoms with Crippen LogP contribution in [0.1, 0.15) is 15.9 Å². The van der Waals surface area contributed by atoms with Crippen LogP contribution in [0.2, 0.25) is 0 Å². The maximum absolute atomic E-state index is 13.4. The van der Waals surface area contributed by atoms with Gasteiger partial charge < -0.3 is 9.52 Å². The fourth-order valence-corrected chi connectivity index (χ4v) is 2.90. The molecule has 2 aromatic heterocycles. The van der Waals surface area contributed by atoms with Crippen LogP contribution in [-0.4, -0.2) is 20.5 Å². The Morgan fingerprint density at radius 2 is 1.78 bits per heavy atom. The third-order valence-electron chi connectivity index (χ3n) is 4.13. The summed E-state index contributed by atoms with van der Waals surface area (Å²) in [6.45, 7) is 0. The number of carboxylic acids is 1. The molecule has 0 aliphatic carbocycles. The summed E-state index contributed by atoms with van der Waals surface area (Å²) in [5.41, 5.74) is -0.0252. The van der Waals surface area contributed by atoms with Crippen molar-refractivity contribution in [2.24, 2.45) is 0 Å². The van der Waals surface area contributed by atoms with Crippen molar-refractivity contribution in [3.63, 3.8) is 0 Å². The molecule has 0 aliphatic rings. The lowest BCUT2D eigenvalue weighted by atomic mass is 10.0. The molecule has 0 amide bonds. The first-order chi connectivity index (χ1) is 12.9. The lowest BCUT2D eigenvalue weighted by Crippen LogP contribution is -2.07. The minimum absolute atomic E-state index is 0.0604. The Morgan fingerprint density at radius 3 is 2.44 bits per heavy atom. The number of oxazole rings is 1. The quantitative estimate of drug-likeness (QED) is 0.551. The molecule has 0 saturated heterocycles. The zero-order valence-corrected chi connectivity index (χ0v) is 13.6. The third kappa shape index (κ3) is 2.84. The molecule has 0 aliphatic heterocycles. The van der Waals surface area contributed by atoms with Gasteiger partial charge in [0.1, 0.15) is 17.8 Å². The average molecular weight is 372 g/mol. The third-order valence-corrected chi connectivity index (χ3v) is 4.13. The van der Waals surface area contributed by atoms with Gasteiger partial charge in [0.25, 0.3) is 0 Å². The minimum Gasteiger partial charge on any atom is -0.478 e. The Labute approximate surface area is 150 Å². The van der Waals surface area contributed by atoms with Crippen LogP contribution in [0.3, 0.4) is 0 Å². The van der Waals surface area contributed by atoms with E-state index in [4.69, 9.17) is 9.52 Å². The van der Waals surface area contributed by atoms with Gasteiger partial charge in [0.05, 0.1) is 11.1 Å². The van der Waals surface area contributed by atoms with E-state index < -0.39 is 17.7 Å². The van der Waals surface area contributed by atoms with Crippen molar-refractivity contribution in [2.45, 2.75) is 6.18 Å². The lowest BCUT2D eigenvalue weighted by Gasteiger charge is -2.10. The number of aromatic nitrogens is 2. The predicted octanol–water partition coefficient (Wildman–Crippen LogP) is 4.98. The molecule has 2 aromatic carbocycles. The summed E-state index contributed by atoms with van der Waals surface area (Å²) in [4.78, 5) is 15.4. The number of nitrogens with zero attached hydrogens (tertiary/aromatic N) is 2. The zero-order chi connectivity index (χ0) is 19.2. The molecule has 8 heteroatoms. The molecular formula is C19H11F3N2O3. The van der Waals surface area contributed by atoms with Gasteiger partial charge in [-0.1, -0.05) is 30.3 Å². The Bertz CT molecular complexity index is 1140. The molecule has 1 N–H and O–H groups in total. The van der Waals surface area contributed by atoms with E-state index in [0.717, 1.165) is 6.07 Å². The summed E-state index contributed by atoms with van der Waals surface area (Å²) in [5, 5.41) is 9.00. The van der Waals surface area contributed by atoms with Crippen LogP contribution in [0.4, 0.5) is 13.2 Å². The van der Waals surface area contributed by atoms with Gasteiger partial charge >= 0.3 is 12.1 Å². The first kappa shape index (κ1) is 16.9. The van der Waals surface area contributed by atoms with E-state index in [1.807, 2.05) is 0 Å². The summed E-state index contributed by atoms with van der Waals surface area (Å²) in [6.07, 6.45) is -1.64. The van der Waals surface area contributed by atoms with E-state index >= 15 is 0 Å². The monoisotopic (exact) mass is 372 g/mol. The Hall–Kier alpha value is -3.55. The lowest BCUT2D eigenvalue weighted by molar-refractivity contribution is -0.137. The number of imidazole rings is 1. The van der Waals surface area contributed by atoms with E-state index in [-0.39, 0.29) is 22.5 Å². The molecule has 0 atom stereocenters. The van der Waals surface area contributed by atoms with Gasteiger partial charge in [-0.3, -0.25) is 4.40 Å². The molecular weight excluding hydrogens is 361 g/mol. The van der Waals surface area contributed by atoms with E-state index in [1.165, 1.54) is 41.0 Å². The van der Waals surface area contributed by atoms with Crippen molar-refractivity contribution in [1.29, 1.82) is 0 Å². The molecule has 0 bridgehead atoms. The Morgan fingerprint density at radius 1 is 1.07 bits per heavy atom. The van der Waals surface area contributed by atoms with Crippen molar-refractivity contribution >= 4 is 11.7 Å². The number of fused-ring (bicyclic) bond motifs is 1. The highest BCUT2D eigenvalue weighted by Gasteiger charge is 2.35. The average Bonchev–Trinajstić information content (AvgIpc) is 3.23. The maximum Gasteiger partial charge on any atom is 0.417 e. The van der Waals surface area contributed by atoms with Gasteiger partial charge in [-0.15, -0.1) is 0 Å². The molecule has 0 saturated carbocycles. The number of halogens is 3. The number of hydrogen-bond acceptors (Lipinski definition) is 3. The number of benzene rings is 2. The van der Waals surface area contributed by atoms with Crippen LogP contribution in [0.5, 0.6) is 0 Å². The molecule has 4 rings (SSSR count). The van der Waals surface area contributed by atoms with Crippen LogP contribution in [0.25, 0.3) is 28.4 Å². The van der Waals surface area contributed by atoms with E-state index in [0.29, 0.717) is 11.4 Å². The normalized spacial score (nSPS) is 11.8. The topological polar surface area (TPSA) is 67.7 Å². The summed E-state index contributed by atoms with van der Waals surface area (Å²) in [6, 6.07) is 11.0.